The Bertz CT molecular complexity index is 522. The molecule has 0 fully saturated rings. The van der Waals surface area contributed by atoms with Crippen molar-refractivity contribution in [1.29, 1.82) is 0 Å². The van der Waals surface area contributed by atoms with E-state index in [2.05, 4.69) is 5.32 Å². The maximum Gasteiger partial charge on any atom is 0.416 e. The van der Waals surface area contributed by atoms with Gasteiger partial charge >= 0.3 is 12.1 Å². The molecule has 0 heterocycles. The first kappa shape index (κ1) is 18.0. The van der Waals surface area contributed by atoms with E-state index in [0.717, 1.165) is 6.07 Å². The van der Waals surface area contributed by atoms with Crippen LogP contribution in [-0.2, 0) is 11.0 Å². The number of nitro groups is 1. The van der Waals surface area contributed by atoms with Gasteiger partial charge in [0, 0.05) is 6.07 Å². The summed E-state index contributed by atoms with van der Waals surface area (Å²) in [5.74, 6) is -1.28. The molecule has 20 heavy (non-hydrogen) atoms. The highest BCUT2D eigenvalue weighted by Crippen LogP contribution is 2.35. The van der Waals surface area contributed by atoms with Crippen molar-refractivity contribution < 1.29 is 28.0 Å². The smallest absolute Gasteiger partial charge is 0.416 e. The molecule has 0 bridgehead atoms. The minimum atomic E-state index is -4.71. The molecule has 0 spiro atoms. The van der Waals surface area contributed by atoms with E-state index in [1.54, 1.807) is 0 Å². The zero-order chi connectivity index (χ0) is 14.8. The summed E-state index contributed by atoms with van der Waals surface area (Å²) in [4.78, 5) is 20.3. The van der Waals surface area contributed by atoms with Crippen molar-refractivity contribution in [3.8, 4) is 0 Å². The Morgan fingerprint density at radius 1 is 1.45 bits per heavy atom. The summed E-state index contributed by atoms with van der Waals surface area (Å²) in [7, 11) is 0. The van der Waals surface area contributed by atoms with Gasteiger partial charge in [-0.1, -0.05) is 0 Å². The number of anilines is 1. The minimum Gasteiger partial charge on any atom is -0.480 e. The number of carbonyl (C=O) groups is 1. The summed E-state index contributed by atoms with van der Waals surface area (Å²) < 4.78 is 37.2. The molecule has 0 aliphatic carbocycles. The molecule has 0 amide bonds. The normalized spacial score (nSPS) is 12.2. The number of carboxylic acids is 1. The van der Waals surface area contributed by atoms with E-state index in [1.807, 2.05) is 0 Å². The first-order valence-electron chi connectivity index (χ1n) is 4.98. The van der Waals surface area contributed by atoms with E-state index >= 15 is 0 Å². The monoisotopic (exact) mass is 314 g/mol. The van der Waals surface area contributed by atoms with Crippen LogP contribution in [0, 0.1) is 10.1 Å². The number of nitro benzene ring substituents is 1. The SMILES string of the molecule is C[C@H](Nc1ccc(C(F)(F)F)cc1[N+](=O)[O-])C(=O)O.Cl. The quantitative estimate of drug-likeness (QED) is 0.658. The molecular weight excluding hydrogens is 305 g/mol. The second-order valence-corrected chi connectivity index (χ2v) is 3.69. The molecule has 112 valence electrons. The van der Waals surface area contributed by atoms with Gasteiger partial charge in [0.1, 0.15) is 11.7 Å². The highest BCUT2D eigenvalue weighted by Gasteiger charge is 2.33. The Labute approximate surface area is 117 Å². The van der Waals surface area contributed by atoms with Gasteiger partial charge in [0.25, 0.3) is 5.69 Å². The van der Waals surface area contributed by atoms with Crippen LogP contribution in [0.25, 0.3) is 0 Å². The molecule has 0 saturated carbocycles. The summed E-state index contributed by atoms with van der Waals surface area (Å²) in [6.45, 7) is 1.21. The number of aliphatic carboxylic acids is 1. The van der Waals surface area contributed by atoms with Crippen molar-refractivity contribution in [2.75, 3.05) is 5.32 Å². The van der Waals surface area contributed by atoms with E-state index in [4.69, 9.17) is 5.11 Å². The summed E-state index contributed by atoms with van der Waals surface area (Å²) >= 11 is 0. The molecule has 0 radical (unpaired) electrons. The molecule has 10 heteroatoms. The fourth-order valence-corrected chi connectivity index (χ4v) is 1.28. The highest BCUT2D eigenvalue weighted by atomic mass is 35.5. The molecule has 0 saturated heterocycles. The molecule has 0 aliphatic heterocycles. The van der Waals surface area contributed by atoms with Gasteiger partial charge in [-0.2, -0.15) is 13.2 Å². The van der Waals surface area contributed by atoms with Gasteiger partial charge in [-0.15, -0.1) is 12.4 Å². The van der Waals surface area contributed by atoms with Crippen LogP contribution in [0.2, 0.25) is 0 Å². The molecule has 0 aromatic heterocycles. The molecule has 1 rings (SSSR count). The van der Waals surface area contributed by atoms with Gasteiger partial charge in [-0.3, -0.25) is 14.9 Å². The summed E-state index contributed by atoms with van der Waals surface area (Å²) in [5.41, 5.74) is -2.29. The minimum absolute atomic E-state index is 0. The number of halogens is 4. The first-order chi connectivity index (χ1) is 8.62. The van der Waals surface area contributed by atoms with Gasteiger partial charge in [-0.25, -0.2) is 0 Å². The van der Waals surface area contributed by atoms with Crippen LogP contribution in [0.3, 0.4) is 0 Å². The number of hydrogen-bond donors (Lipinski definition) is 2. The van der Waals surface area contributed by atoms with Crippen molar-refractivity contribution >= 4 is 29.8 Å². The average Bonchev–Trinajstić information content (AvgIpc) is 2.27. The molecule has 6 nitrogen and oxygen atoms in total. The molecule has 0 aliphatic rings. The Balaban J connectivity index is 0.00000361. The van der Waals surface area contributed by atoms with Crippen LogP contribution >= 0.6 is 12.4 Å². The van der Waals surface area contributed by atoms with E-state index in [-0.39, 0.29) is 18.1 Å². The molecular formula is C10H10ClF3N2O4. The number of alkyl halides is 3. The first-order valence-corrected chi connectivity index (χ1v) is 4.98. The van der Waals surface area contributed by atoms with Gasteiger partial charge in [0.2, 0.25) is 0 Å². The van der Waals surface area contributed by atoms with Gasteiger partial charge in [0.15, 0.2) is 0 Å². The second kappa shape index (κ2) is 6.42. The predicted octanol–water partition coefficient (Wildman–Crippen LogP) is 2.92. The molecule has 2 N–H and O–H groups in total. The number of rotatable bonds is 4. The third-order valence-electron chi connectivity index (χ3n) is 2.26. The third kappa shape index (κ3) is 4.26. The van der Waals surface area contributed by atoms with Gasteiger partial charge in [0.05, 0.1) is 10.5 Å². The molecule has 0 unspecified atom stereocenters. The topological polar surface area (TPSA) is 92.5 Å². The molecule has 1 aromatic rings. The lowest BCUT2D eigenvalue weighted by atomic mass is 10.1. The van der Waals surface area contributed by atoms with Crippen molar-refractivity contribution in [2.45, 2.75) is 19.1 Å². The van der Waals surface area contributed by atoms with Crippen LogP contribution in [0.4, 0.5) is 24.5 Å². The lowest BCUT2D eigenvalue weighted by Gasteiger charge is -2.12. The maximum absolute atomic E-state index is 12.4. The average molecular weight is 315 g/mol. The lowest BCUT2D eigenvalue weighted by Crippen LogP contribution is -2.25. The maximum atomic E-state index is 12.4. The van der Waals surface area contributed by atoms with Crippen LogP contribution < -0.4 is 5.32 Å². The largest absolute Gasteiger partial charge is 0.480 e. The fourth-order valence-electron chi connectivity index (χ4n) is 1.28. The second-order valence-electron chi connectivity index (χ2n) is 3.69. The van der Waals surface area contributed by atoms with E-state index in [0.29, 0.717) is 12.1 Å². The highest BCUT2D eigenvalue weighted by molar-refractivity contribution is 5.85. The van der Waals surface area contributed by atoms with Crippen molar-refractivity contribution in [1.82, 2.24) is 0 Å². The zero-order valence-corrected chi connectivity index (χ0v) is 10.8. The van der Waals surface area contributed by atoms with Crippen molar-refractivity contribution in [3.05, 3.63) is 33.9 Å². The van der Waals surface area contributed by atoms with E-state index < -0.39 is 34.4 Å². The molecule has 1 atom stereocenters. The third-order valence-corrected chi connectivity index (χ3v) is 2.26. The zero-order valence-electron chi connectivity index (χ0n) is 9.97. The van der Waals surface area contributed by atoms with Crippen molar-refractivity contribution in [3.63, 3.8) is 0 Å². The van der Waals surface area contributed by atoms with Crippen LogP contribution in [-0.4, -0.2) is 22.0 Å². The Kier molecular flexibility index (Phi) is 5.77. The number of nitrogens with one attached hydrogen (secondary N) is 1. The Hall–Kier alpha value is -2.03. The number of hydrogen-bond acceptors (Lipinski definition) is 4. The number of benzene rings is 1. The van der Waals surface area contributed by atoms with Crippen LogP contribution in [0.5, 0.6) is 0 Å². The fraction of sp³-hybridized carbons (Fsp3) is 0.300. The van der Waals surface area contributed by atoms with Gasteiger partial charge in [-0.05, 0) is 19.1 Å². The lowest BCUT2D eigenvalue weighted by molar-refractivity contribution is -0.384. The summed E-state index contributed by atoms with van der Waals surface area (Å²) in [5, 5.41) is 21.6. The van der Waals surface area contributed by atoms with E-state index in [9.17, 15) is 28.1 Å². The number of carboxylic acid groups (broad SMARTS) is 1. The van der Waals surface area contributed by atoms with Gasteiger partial charge < -0.3 is 10.4 Å². The predicted molar refractivity (Wildman–Crippen MR) is 66.1 cm³/mol. The summed E-state index contributed by atoms with van der Waals surface area (Å²) in [6.07, 6.45) is -4.71. The Morgan fingerprint density at radius 2 is 2.00 bits per heavy atom. The number of nitrogens with zero attached hydrogens (tertiary/aromatic N) is 1. The van der Waals surface area contributed by atoms with Crippen molar-refractivity contribution in [2.24, 2.45) is 0 Å². The summed E-state index contributed by atoms with van der Waals surface area (Å²) in [6, 6.07) is 0.664. The Morgan fingerprint density at radius 3 is 2.40 bits per heavy atom. The standard InChI is InChI=1S/C10H9F3N2O4.ClH/c1-5(9(16)17)14-7-3-2-6(10(11,12)13)4-8(7)15(18)19;/h2-5,14H,1H3,(H,16,17);1H/t5-;/m0./s1. The van der Waals surface area contributed by atoms with Crippen LogP contribution in [0.1, 0.15) is 12.5 Å². The van der Waals surface area contributed by atoms with E-state index in [1.165, 1.54) is 6.92 Å². The molecule has 1 aromatic carbocycles. The van der Waals surface area contributed by atoms with Crippen LogP contribution in [0.15, 0.2) is 18.2 Å².